The van der Waals surface area contributed by atoms with Gasteiger partial charge in [-0.1, -0.05) is 11.6 Å². The molecule has 0 fully saturated rings. The number of aldehydes is 1. The summed E-state index contributed by atoms with van der Waals surface area (Å²) in [6, 6.07) is 9.10. The van der Waals surface area contributed by atoms with Gasteiger partial charge in [0, 0.05) is 21.3 Å². The smallest absolute Gasteiger partial charge is 0.189 e. The van der Waals surface area contributed by atoms with Gasteiger partial charge in [-0.25, -0.2) is 17.2 Å². The summed E-state index contributed by atoms with van der Waals surface area (Å²) in [4.78, 5) is 14.8. The van der Waals surface area contributed by atoms with E-state index in [1.165, 1.54) is 36.5 Å². The summed E-state index contributed by atoms with van der Waals surface area (Å²) in [5, 5.41) is -1.30. The fourth-order valence-electron chi connectivity index (χ4n) is 2.71. The zero-order valence-electron chi connectivity index (χ0n) is 13.9. The lowest BCUT2D eigenvalue weighted by atomic mass is 10.0. The molecule has 0 saturated carbocycles. The van der Waals surface area contributed by atoms with E-state index >= 15 is 0 Å². The van der Waals surface area contributed by atoms with Crippen molar-refractivity contribution in [1.82, 2.24) is 4.98 Å². The maximum absolute atomic E-state index is 14.6. The summed E-state index contributed by atoms with van der Waals surface area (Å²) in [5.41, 5.74) is -0.387. The Hall–Kier alpha value is -2.16. The van der Waals surface area contributed by atoms with Crippen molar-refractivity contribution >= 4 is 43.7 Å². The van der Waals surface area contributed by atoms with Crippen LogP contribution in [0.3, 0.4) is 0 Å². The lowest BCUT2D eigenvalue weighted by Gasteiger charge is -2.21. The first kappa shape index (κ1) is 20.6. The fraction of sp³-hybridized carbons (Fsp3) is 0.0526. The molecule has 1 unspecified atom stereocenters. The number of benzene rings is 2. The van der Waals surface area contributed by atoms with Crippen LogP contribution in [0, 0.1) is 11.6 Å². The maximum atomic E-state index is 14.6. The third-order valence-electron chi connectivity index (χ3n) is 4.00. The van der Waals surface area contributed by atoms with Crippen LogP contribution in [0.25, 0.3) is 0 Å². The molecule has 144 valence electrons. The summed E-state index contributed by atoms with van der Waals surface area (Å²) in [6.45, 7) is 0. The summed E-state index contributed by atoms with van der Waals surface area (Å²) in [5.74, 6) is -1.70. The number of sulfone groups is 1. The van der Waals surface area contributed by atoms with Crippen LogP contribution in [-0.4, -0.2) is 19.7 Å². The Balaban J connectivity index is 2.34. The van der Waals surface area contributed by atoms with Crippen molar-refractivity contribution in [1.29, 1.82) is 0 Å². The highest BCUT2D eigenvalue weighted by Gasteiger charge is 2.35. The number of carbonyl (C=O) groups is 1. The number of hydrogen-bond acceptors (Lipinski definition) is 4. The van der Waals surface area contributed by atoms with E-state index in [0.29, 0.717) is 11.3 Å². The number of rotatable bonds is 5. The Kier molecular flexibility index (Phi) is 5.92. The van der Waals surface area contributed by atoms with E-state index < -0.39 is 32.3 Å². The highest BCUT2D eigenvalue weighted by Crippen LogP contribution is 2.40. The first-order chi connectivity index (χ1) is 13.2. The van der Waals surface area contributed by atoms with Crippen LogP contribution in [0.4, 0.5) is 8.78 Å². The molecule has 3 rings (SSSR count). The summed E-state index contributed by atoms with van der Waals surface area (Å²) >= 11 is 9.02. The quantitative estimate of drug-likeness (QED) is 0.468. The summed E-state index contributed by atoms with van der Waals surface area (Å²) in [6.07, 6.45) is 1.67. The lowest BCUT2D eigenvalue weighted by molar-refractivity contribution is 0.111. The van der Waals surface area contributed by atoms with Crippen LogP contribution >= 0.6 is 27.5 Å². The van der Waals surface area contributed by atoms with Gasteiger partial charge in [0.2, 0.25) is 0 Å². The topological polar surface area (TPSA) is 64.1 Å². The Morgan fingerprint density at radius 2 is 1.71 bits per heavy atom. The predicted molar refractivity (Wildman–Crippen MR) is 104 cm³/mol. The van der Waals surface area contributed by atoms with E-state index in [-0.39, 0.29) is 20.6 Å². The van der Waals surface area contributed by atoms with Crippen molar-refractivity contribution in [2.24, 2.45) is 0 Å². The van der Waals surface area contributed by atoms with E-state index in [2.05, 4.69) is 20.9 Å². The van der Waals surface area contributed by atoms with Crippen molar-refractivity contribution in [3.63, 3.8) is 0 Å². The first-order valence-electron chi connectivity index (χ1n) is 7.79. The minimum Gasteiger partial charge on any atom is -0.296 e. The SMILES string of the molecule is O=Cc1cc(C(c2cc(F)ccc2F)S(=O)(=O)c2ccc(Cl)cc2)c(Br)cn1. The standard InChI is InChI=1S/C19H11BrClF2NO3S/c20-17-9-24-13(10-25)8-15(17)19(16-7-12(22)3-6-18(16)23)28(26,27)14-4-1-11(21)2-5-14/h1-10,19H. The molecule has 9 heteroatoms. The molecule has 0 aliphatic carbocycles. The Labute approximate surface area is 173 Å². The van der Waals surface area contributed by atoms with Crippen LogP contribution in [0.1, 0.15) is 26.9 Å². The normalized spacial score (nSPS) is 12.6. The maximum Gasteiger partial charge on any atom is 0.189 e. The van der Waals surface area contributed by atoms with E-state index in [0.717, 1.165) is 18.2 Å². The molecule has 3 aromatic rings. The Morgan fingerprint density at radius 1 is 1.04 bits per heavy atom. The van der Waals surface area contributed by atoms with Gasteiger partial charge in [0.15, 0.2) is 16.1 Å². The zero-order chi connectivity index (χ0) is 20.5. The molecule has 1 aromatic heterocycles. The van der Waals surface area contributed by atoms with Gasteiger partial charge in [-0.3, -0.25) is 9.78 Å². The molecule has 0 amide bonds. The molecule has 1 atom stereocenters. The molecule has 0 spiro atoms. The van der Waals surface area contributed by atoms with Gasteiger partial charge >= 0.3 is 0 Å². The largest absolute Gasteiger partial charge is 0.296 e. The van der Waals surface area contributed by atoms with Crippen molar-refractivity contribution in [3.8, 4) is 0 Å². The van der Waals surface area contributed by atoms with Gasteiger partial charge in [-0.2, -0.15) is 0 Å². The minimum absolute atomic E-state index is 0.0497. The monoisotopic (exact) mass is 485 g/mol. The fourth-order valence-corrected chi connectivity index (χ4v) is 5.27. The number of nitrogens with zero attached hydrogens (tertiary/aromatic N) is 1. The van der Waals surface area contributed by atoms with Gasteiger partial charge in [0.05, 0.1) is 4.90 Å². The lowest BCUT2D eigenvalue weighted by Crippen LogP contribution is -2.18. The summed E-state index contributed by atoms with van der Waals surface area (Å²) < 4.78 is 55.5. The van der Waals surface area contributed by atoms with Gasteiger partial charge in [0.1, 0.15) is 22.6 Å². The third kappa shape index (κ3) is 3.99. The number of pyridine rings is 1. The number of hydrogen-bond donors (Lipinski definition) is 0. The summed E-state index contributed by atoms with van der Waals surface area (Å²) in [7, 11) is -4.25. The second-order valence-electron chi connectivity index (χ2n) is 5.79. The molecule has 0 saturated heterocycles. The molecule has 0 aliphatic heterocycles. The average molecular weight is 487 g/mol. The number of carbonyl (C=O) groups excluding carboxylic acids is 1. The average Bonchev–Trinajstić information content (AvgIpc) is 2.66. The molecule has 28 heavy (non-hydrogen) atoms. The minimum atomic E-state index is -4.25. The molecule has 0 radical (unpaired) electrons. The molecule has 4 nitrogen and oxygen atoms in total. The molecule has 1 heterocycles. The highest BCUT2D eigenvalue weighted by atomic mass is 79.9. The molecular formula is C19H11BrClF2NO3S. The van der Waals surface area contributed by atoms with E-state index in [4.69, 9.17) is 11.6 Å². The van der Waals surface area contributed by atoms with Crippen LogP contribution in [0.2, 0.25) is 5.02 Å². The van der Waals surface area contributed by atoms with Gasteiger partial charge in [-0.15, -0.1) is 0 Å². The Bertz CT molecular complexity index is 1150. The molecule has 0 aliphatic rings. The third-order valence-corrected chi connectivity index (χ3v) is 6.97. The Morgan fingerprint density at radius 3 is 2.36 bits per heavy atom. The number of aromatic nitrogens is 1. The predicted octanol–water partition coefficient (Wildman–Crippen LogP) is 5.15. The van der Waals surface area contributed by atoms with E-state index in [1.54, 1.807) is 0 Å². The van der Waals surface area contributed by atoms with Gasteiger partial charge < -0.3 is 0 Å². The van der Waals surface area contributed by atoms with Crippen LogP contribution in [-0.2, 0) is 9.84 Å². The number of halogens is 4. The second kappa shape index (κ2) is 8.06. The zero-order valence-corrected chi connectivity index (χ0v) is 17.1. The van der Waals surface area contributed by atoms with Crippen LogP contribution in [0.5, 0.6) is 0 Å². The van der Waals surface area contributed by atoms with Crippen molar-refractivity contribution < 1.29 is 22.0 Å². The van der Waals surface area contributed by atoms with Crippen molar-refractivity contribution in [2.75, 3.05) is 0 Å². The van der Waals surface area contributed by atoms with E-state index in [9.17, 15) is 22.0 Å². The molecular weight excluding hydrogens is 476 g/mol. The van der Waals surface area contributed by atoms with E-state index in [1.807, 2.05) is 0 Å². The van der Waals surface area contributed by atoms with Crippen molar-refractivity contribution in [3.05, 3.63) is 92.7 Å². The molecule has 2 aromatic carbocycles. The van der Waals surface area contributed by atoms with Crippen LogP contribution < -0.4 is 0 Å². The van der Waals surface area contributed by atoms with Gasteiger partial charge in [0.25, 0.3) is 0 Å². The van der Waals surface area contributed by atoms with Gasteiger partial charge in [-0.05, 0) is 70.0 Å². The van der Waals surface area contributed by atoms with Crippen molar-refractivity contribution in [2.45, 2.75) is 10.1 Å². The molecule has 0 N–H and O–H groups in total. The second-order valence-corrected chi connectivity index (χ2v) is 9.12. The highest BCUT2D eigenvalue weighted by molar-refractivity contribution is 9.10. The van der Waals surface area contributed by atoms with Crippen LogP contribution in [0.15, 0.2) is 64.1 Å². The first-order valence-corrected chi connectivity index (χ1v) is 10.5. The molecule has 0 bridgehead atoms.